The van der Waals surface area contributed by atoms with Gasteiger partial charge in [0.1, 0.15) is 5.92 Å². The number of methoxy groups -OCH3 is 1. The lowest BCUT2D eigenvalue weighted by molar-refractivity contribution is -0.136. The normalized spacial score (nSPS) is 24.2. The molecule has 0 radical (unpaired) electrons. The zero-order chi connectivity index (χ0) is 19.8. The lowest BCUT2D eigenvalue weighted by atomic mass is 9.86. The van der Waals surface area contributed by atoms with Crippen LogP contribution in [0.3, 0.4) is 0 Å². The first-order valence-electron chi connectivity index (χ1n) is 9.35. The Kier molecular flexibility index (Phi) is 5.45. The molecule has 28 heavy (non-hydrogen) atoms. The van der Waals surface area contributed by atoms with Crippen molar-refractivity contribution >= 4 is 40.6 Å². The van der Waals surface area contributed by atoms with Gasteiger partial charge in [-0.2, -0.15) is 5.10 Å². The van der Waals surface area contributed by atoms with E-state index in [0.29, 0.717) is 22.5 Å². The van der Waals surface area contributed by atoms with Crippen LogP contribution in [0, 0.1) is 5.92 Å². The molecule has 2 aliphatic rings. The summed E-state index contributed by atoms with van der Waals surface area (Å²) in [6, 6.07) is 7.01. The van der Waals surface area contributed by atoms with E-state index in [0.717, 1.165) is 30.7 Å². The van der Waals surface area contributed by atoms with Gasteiger partial charge in [0.25, 0.3) is 0 Å². The zero-order valence-electron chi connectivity index (χ0n) is 15.8. The molecule has 0 spiro atoms. The van der Waals surface area contributed by atoms with Crippen LogP contribution < -0.4 is 0 Å². The molecule has 3 heterocycles. The number of hydrogen-bond acceptors (Lipinski definition) is 4. The maximum Gasteiger partial charge on any atom is 0.234 e. The molecule has 0 N–H and O–H groups in total. The van der Waals surface area contributed by atoms with Crippen molar-refractivity contribution in [2.75, 3.05) is 20.3 Å². The van der Waals surface area contributed by atoms with Gasteiger partial charge in [0.15, 0.2) is 5.82 Å². The third-order valence-corrected chi connectivity index (χ3v) is 6.39. The fourth-order valence-electron chi connectivity index (χ4n) is 4.27. The van der Waals surface area contributed by atoms with Crippen LogP contribution >= 0.6 is 23.2 Å². The van der Waals surface area contributed by atoms with E-state index in [1.54, 1.807) is 24.1 Å². The number of fused-ring (bicyclic) bond motifs is 1. The van der Waals surface area contributed by atoms with Crippen molar-refractivity contribution in [1.82, 2.24) is 14.7 Å². The average molecular weight is 421 g/mol. The van der Waals surface area contributed by atoms with E-state index in [9.17, 15) is 4.79 Å². The van der Waals surface area contributed by atoms with Gasteiger partial charge < -0.3 is 9.64 Å². The number of amides is 1. The summed E-state index contributed by atoms with van der Waals surface area (Å²) in [6.07, 6.45) is 3.60. The summed E-state index contributed by atoms with van der Waals surface area (Å²) in [6.45, 7) is 3.15. The number of likely N-dealkylation sites (tertiary alicyclic amines) is 1. The Bertz CT molecular complexity index is 927. The molecular formula is C20H22Cl2N4O2. The average Bonchev–Trinajstić information content (AvgIpc) is 3.32. The van der Waals surface area contributed by atoms with Gasteiger partial charge in [0.05, 0.1) is 34.9 Å². The Morgan fingerprint density at radius 3 is 2.93 bits per heavy atom. The van der Waals surface area contributed by atoms with Gasteiger partial charge in [0, 0.05) is 25.4 Å². The Hall–Kier alpha value is -1.89. The molecule has 8 heteroatoms. The minimum Gasteiger partial charge on any atom is -0.383 e. The Morgan fingerprint density at radius 1 is 1.32 bits per heavy atom. The molecule has 4 rings (SSSR count). The van der Waals surface area contributed by atoms with E-state index in [-0.39, 0.29) is 11.9 Å². The van der Waals surface area contributed by atoms with Gasteiger partial charge in [0.2, 0.25) is 5.91 Å². The van der Waals surface area contributed by atoms with Crippen LogP contribution in [-0.4, -0.2) is 52.6 Å². The lowest BCUT2D eigenvalue weighted by Crippen LogP contribution is -2.47. The van der Waals surface area contributed by atoms with Crippen LogP contribution in [0.15, 0.2) is 35.5 Å². The highest BCUT2D eigenvalue weighted by Gasteiger charge is 2.43. The van der Waals surface area contributed by atoms with Crippen LogP contribution in [0.1, 0.15) is 31.4 Å². The van der Waals surface area contributed by atoms with Crippen molar-refractivity contribution in [2.45, 2.75) is 31.8 Å². The van der Waals surface area contributed by atoms with Crippen molar-refractivity contribution in [3.63, 3.8) is 0 Å². The Balaban J connectivity index is 1.80. The maximum atomic E-state index is 13.7. The van der Waals surface area contributed by atoms with E-state index >= 15 is 0 Å². The van der Waals surface area contributed by atoms with E-state index in [4.69, 9.17) is 27.9 Å². The lowest BCUT2D eigenvalue weighted by Gasteiger charge is -2.35. The summed E-state index contributed by atoms with van der Waals surface area (Å²) < 4.78 is 7.10. The summed E-state index contributed by atoms with van der Waals surface area (Å²) in [5, 5.41) is 5.35. The summed E-state index contributed by atoms with van der Waals surface area (Å²) in [5.74, 6) is 0.237. The first kappa shape index (κ1) is 19.4. The Labute approximate surface area is 174 Å². The number of hydrogen-bond donors (Lipinski definition) is 0. The molecule has 0 saturated carbocycles. The molecule has 148 valence electrons. The molecule has 0 bridgehead atoms. The van der Waals surface area contributed by atoms with Gasteiger partial charge in [-0.05, 0) is 31.4 Å². The second-order valence-electron chi connectivity index (χ2n) is 7.24. The third kappa shape index (κ3) is 3.23. The maximum absolute atomic E-state index is 13.7. The number of aliphatic imine (C=N–C) groups is 1. The van der Waals surface area contributed by atoms with Crippen molar-refractivity contribution in [3.05, 3.63) is 46.1 Å². The van der Waals surface area contributed by atoms with Gasteiger partial charge in [-0.25, -0.2) is 9.67 Å². The molecule has 1 amide bonds. The minimum atomic E-state index is -0.499. The van der Waals surface area contributed by atoms with Crippen molar-refractivity contribution in [2.24, 2.45) is 10.9 Å². The first-order valence-corrected chi connectivity index (χ1v) is 10.1. The minimum absolute atomic E-state index is 0.0305. The number of ether oxygens (including phenoxy) is 1. The van der Waals surface area contributed by atoms with Crippen LogP contribution in [0.4, 0.5) is 5.82 Å². The second kappa shape index (κ2) is 7.85. The quantitative estimate of drug-likeness (QED) is 0.746. The predicted octanol–water partition coefficient (Wildman–Crippen LogP) is 4.14. The van der Waals surface area contributed by atoms with Gasteiger partial charge in [-0.1, -0.05) is 35.3 Å². The monoisotopic (exact) mass is 420 g/mol. The molecule has 2 aromatic rings. The predicted molar refractivity (Wildman–Crippen MR) is 110 cm³/mol. The Morgan fingerprint density at radius 2 is 2.14 bits per heavy atom. The smallest absolute Gasteiger partial charge is 0.234 e. The van der Waals surface area contributed by atoms with Gasteiger partial charge in [-0.15, -0.1) is 0 Å². The van der Waals surface area contributed by atoms with Crippen LogP contribution in [0.25, 0.3) is 0 Å². The van der Waals surface area contributed by atoms with Crippen molar-refractivity contribution in [1.29, 1.82) is 0 Å². The van der Waals surface area contributed by atoms with E-state index in [1.165, 1.54) is 0 Å². The summed E-state index contributed by atoms with van der Waals surface area (Å²) in [4.78, 5) is 20.2. The van der Waals surface area contributed by atoms with Crippen LogP contribution in [-0.2, 0) is 9.53 Å². The van der Waals surface area contributed by atoms with Crippen LogP contribution in [0.2, 0.25) is 10.0 Å². The number of rotatable bonds is 4. The molecule has 2 aliphatic heterocycles. The third-order valence-electron chi connectivity index (χ3n) is 5.56. The highest BCUT2D eigenvalue weighted by molar-refractivity contribution is 6.42. The number of aromatic nitrogens is 2. The van der Waals surface area contributed by atoms with Crippen molar-refractivity contribution in [3.8, 4) is 0 Å². The number of benzene rings is 1. The molecule has 1 saturated heterocycles. The molecule has 6 nitrogen and oxygen atoms in total. The molecule has 2 unspecified atom stereocenters. The highest BCUT2D eigenvalue weighted by Crippen LogP contribution is 2.42. The summed E-state index contributed by atoms with van der Waals surface area (Å²) in [5.41, 5.74) is 1.52. The molecule has 0 aliphatic carbocycles. The highest BCUT2D eigenvalue weighted by atomic mass is 35.5. The molecular weight excluding hydrogens is 399 g/mol. The molecule has 1 aromatic carbocycles. The number of nitrogens with zero attached hydrogens (tertiary/aromatic N) is 4. The summed E-state index contributed by atoms with van der Waals surface area (Å²) in [7, 11) is 1.67. The molecule has 3 atom stereocenters. The fourth-order valence-corrected chi connectivity index (χ4v) is 4.69. The van der Waals surface area contributed by atoms with E-state index in [1.807, 2.05) is 30.0 Å². The zero-order valence-corrected chi connectivity index (χ0v) is 17.3. The second-order valence-corrected chi connectivity index (χ2v) is 8.02. The van der Waals surface area contributed by atoms with Gasteiger partial charge >= 0.3 is 0 Å². The largest absolute Gasteiger partial charge is 0.383 e. The van der Waals surface area contributed by atoms with Gasteiger partial charge in [-0.3, -0.25) is 4.79 Å². The molecule has 1 aromatic heterocycles. The van der Waals surface area contributed by atoms with Crippen molar-refractivity contribution < 1.29 is 9.53 Å². The first-order chi connectivity index (χ1) is 13.5. The SMILES string of the molecule is COC[C@@H]1CCCN1C(=O)C1C(C)=Nc2ccnn2C1c1cccc(Cl)c1Cl. The number of carbonyl (C=O) groups excluding carboxylic acids is 1. The van der Waals surface area contributed by atoms with E-state index < -0.39 is 12.0 Å². The fraction of sp³-hybridized carbons (Fsp3) is 0.450. The number of carbonyl (C=O) groups is 1. The number of halogens is 2. The topological polar surface area (TPSA) is 59.7 Å². The molecule has 1 fully saturated rings. The van der Waals surface area contributed by atoms with E-state index in [2.05, 4.69) is 10.1 Å². The summed E-state index contributed by atoms with van der Waals surface area (Å²) >= 11 is 12.8. The van der Waals surface area contributed by atoms with Crippen LogP contribution in [0.5, 0.6) is 0 Å². The standard InChI is InChI=1S/C20H22Cl2N4O2/c1-12-17(20(27)25-10-4-5-13(25)11-28-2)19(26-16(24-12)8-9-23-26)14-6-3-7-15(21)18(14)22/h3,6-9,13,17,19H,4-5,10-11H2,1-2H3/t13-,17?,19?/m0/s1.